The molecule has 0 bridgehead atoms. The quantitative estimate of drug-likeness (QED) is 0.815. The second-order valence-electron chi connectivity index (χ2n) is 5.67. The number of hydrogen-bond donors (Lipinski definition) is 0. The van der Waals surface area contributed by atoms with Gasteiger partial charge in [0.2, 0.25) is 5.91 Å². The molecule has 0 aliphatic heterocycles. The summed E-state index contributed by atoms with van der Waals surface area (Å²) in [6.07, 6.45) is 1.38. The molecule has 1 saturated carbocycles. The minimum Gasteiger partial charge on any atom is -0.314 e. The van der Waals surface area contributed by atoms with Gasteiger partial charge in [0.1, 0.15) is 5.41 Å². The highest BCUT2D eigenvalue weighted by Crippen LogP contribution is 2.47. The zero-order valence-corrected chi connectivity index (χ0v) is 12.3. The SMILES string of the molecule is Cc1cc(C)c(C)c(N(C)C(=O)C2(C#N)CC2)c1C. The number of hydrogen-bond acceptors (Lipinski definition) is 2. The Hall–Kier alpha value is -1.82. The van der Waals surface area contributed by atoms with Crippen molar-refractivity contribution in [1.82, 2.24) is 0 Å². The Labute approximate surface area is 114 Å². The van der Waals surface area contributed by atoms with E-state index in [1.165, 1.54) is 11.1 Å². The summed E-state index contributed by atoms with van der Waals surface area (Å²) in [6, 6.07) is 4.32. The van der Waals surface area contributed by atoms with E-state index < -0.39 is 5.41 Å². The van der Waals surface area contributed by atoms with Gasteiger partial charge < -0.3 is 4.90 Å². The maximum atomic E-state index is 12.5. The van der Waals surface area contributed by atoms with Gasteiger partial charge in [0, 0.05) is 12.7 Å². The maximum absolute atomic E-state index is 12.5. The van der Waals surface area contributed by atoms with Crippen molar-refractivity contribution in [1.29, 1.82) is 5.26 Å². The van der Waals surface area contributed by atoms with E-state index in [9.17, 15) is 10.1 Å². The molecule has 0 unspecified atom stereocenters. The summed E-state index contributed by atoms with van der Waals surface area (Å²) in [7, 11) is 1.79. The predicted octanol–water partition coefficient (Wildman–Crippen LogP) is 3.19. The zero-order valence-electron chi connectivity index (χ0n) is 12.3. The van der Waals surface area contributed by atoms with Gasteiger partial charge in [0.05, 0.1) is 6.07 Å². The second-order valence-corrected chi connectivity index (χ2v) is 5.67. The molecular formula is C16H20N2O. The molecule has 1 aromatic carbocycles. The fourth-order valence-corrected chi connectivity index (χ4v) is 2.62. The number of carbonyl (C=O) groups excluding carboxylic acids is 1. The van der Waals surface area contributed by atoms with Crippen LogP contribution in [0.5, 0.6) is 0 Å². The van der Waals surface area contributed by atoms with Crippen molar-refractivity contribution in [3.63, 3.8) is 0 Å². The van der Waals surface area contributed by atoms with Crippen LogP contribution in [0.15, 0.2) is 6.07 Å². The highest BCUT2D eigenvalue weighted by molar-refractivity contribution is 6.02. The third kappa shape index (κ3) is 2.02. The van der Waals surface area contributed by atoms with Gasteiger partial charge in [-0.3, -0.25) is 4.79 Å². The van der Waals surface area contributed by atoms with Crippen LogP contribution in [0.3, 0.4) is 0 Å². The Morgan fingerprint density at radius 1 is 1.21 bits per heavy atom. The maximum Gasteiger partial charge on any atom is 0.247 e. The van der Waals surface area contributed by atoms with Gasteiger partial charge in [0.15, 0.2) is 0 Å². The van der Waals surface area contributed by atoms with Crippen molar-refractivity contribution in [3.8, 4) is 6.07 Å². The molecule has 0 heterocycles. The highest BCUT2D eigenvalue weighted by atomic mass is 16.2. The molecule has 100 valence electrons. The molecule has 0 atom stereocenters. The van der Waals surface area contributed by atoms with Crippen LogP contribution < -0.4 is 4.90 Å². The number of rotatable bonds is 2. The Morgan fingerprint density at radius 2 is 1.68 bits per heavy atom. The molecule has 0 N–H and O–H groups in total. The number of amides is 1. The van der Waals surface area contributed by atoms with Crippen LogP contribution in [0, 0.1) is 44.4 Å². The van der Waals surface area contributed by atoms with E-state index in [-0.39, 0.29) is 5.91 Å². The zero-order chi connectivity index (χ0) is 14.4. The average Bonchev–Trinajstić information content (AvgIpc) is 3.16. The lowest BCUT2D eigenvalue weighted by molar-refractivity contribution is -0.121. The number of nitriles is 1. The number of aryl methyl sites for hydroxylation is 2. The lowest BCUT2D eigenvalue weighted by atomic mass is 9.97. The Bertz CT molecular complexity index is 565. The third-order valence-corrected chi connectivity index (χ3v) is 4.34. The minimum absolute atomic E-state index is 0.0637. The molecule has 1 aliphatic carbocycles. The van der Waals surface area contributed by atoms with E-state index in [0.29, 0.717) is 12.8 Å². The van der Waals surface area contributed by atoms with Crippen molar-refractivity contribution in [3.05, 3.63) is 28.3 Å². The van der Waals surface area contributed by atoms with Gasteiger partial charge in [-0.25, -0.2) is 0 Å². The first-order valence-electron chi connectivity index (χ1n) is 6.61. The molecule has 0 saturated heterocycles. The normalized spacial score (nSPS) is 15.8. The molecule has 0 radical (unpaired) electrons. The third-order valence-electron chi connectivity index (χ3n) is 4.34. The van der Waals surface area contributed by atoms with Crippen LogP contribution in [0.4, 0.5) is 5.69 Å². The number of benzene rings is 1. The molecule has 0 spiro atoms. The Morgan fingerprint density at radius 3 is 2.05 bits per heavy atom. The van der Waals surface area contributed by atoms with Crippen LogP contribution >= 0.6 is 0 Å². The first kappa shape index (κ1) is 13.6. The van der Waals surface area contributed by atoms with Crippen molar-refractivity contribution in [2.45, 2.75) is 40.5 Å². The fraction of sp³-hybridized carbons (Fsp3) is 0.500. The Balaban J connectivity index is 2.48. The molecule has 0 aromatic heterocycles. The average molecular weight is 256 g/mol. The molecule has 2 rings (SSSR count). The molecule has 1 aromatic rings. The van der Waals surface area contributed by atoms with Crippen molar-refractivity contribution < 1.29 is 4.79 Å². The van der Waals surface area contributed by atoms with Gasteiger partial charge in [-0.15, -0.1) is 0 Å². The van der Waals surface area contributed by atoms with Crippen molar-refractivity contribution >= 4 is 11.6 Å². The topological polar surface area (TPSA) is 44.1 Å². The van der Waals surface area contributed by atoms with Gasteiger partial charge >= 0.3 is 0 Å². The smallest absolute Gasteiger partial charge is 0.247 e. The van der Waals surface area contributed by atoms with Crippen LogP contribution in [-0.4, -0.2) is 13.0 Å². The van der Waals surface area contributed by atoms with E-state index >= 15 is 0 Å². The lowest BCUT2D eigenvalue weighted by Gasteiger charge is -2.26. The van der Waals surface area contributed by atoms with E-state index in [4.69, 9.17) is 0 Å². The van der Waals surface area contributed by atoms with Crippen LogP contribution in [-0.2, 0) is 4.79 Å². The summed E-state index contributed by atoms with van der Waals surface area (Å²) in [6.45, 7) is 8.18. The van der Waals surface area contributed by atoms with Gasteiger partial charge in [-0.05, 0) is 62.8 Å². The summed E-state index contributed by atoms with van der Waals surface area (Å²) in [5.41, 5.74) is 4.80. The first-order chi connectivity index (χ1) is 8.84. The van der Waals surface area contributed by atoms with E-state index in [1.54, 1.807) is 11.9 Å². The summed E-state index contributed by atoms with van der Waals surface area (Å²) >= 11 is 0. The summed E-state index contributed by atoms with van der Waals surface area (Å²) < 4.78 is 0. The number of nitrogens with zero attached hydrogens (tertiary/aromatic N) is 2. The van der Waals surface area contributed by atoms with E-state index in [0.717, 1.165) is 16.8 Å². The monoisotopic (exact) mass is 256 g/mol. The van der Waals surface area contributed by atoms with Crippen LogP contribution in [0.1, 0.15) is 35.1 Å². The van der Waals surface area contributed by atoms with E-state index in [1.807, 2.05) is 13.8 Å². The van der Waals surface area contributed by atoms with Crippen molar-refractivity contribution in [2.75, 3.05) is 11.9 Å². The largest absolute Gasteiger partial charge is 0.314 e. The van der Waals surface area contributed by atoms with Crippen LogP contribution in [0.25, 0.3) is 0 Å². The second kappa shape index (κ2) is 4.38. The van der Waals surface area contributed by atoms with Gasteiger partial charge in [0.25, 0.3) is 0 Å². The van der Waals surface area contributed by atoms with Gasteiger partial charge in [-0.2, -0.15) is 5.26 Å². The standard InChI is InChI=1S/C16H20N2O/c1-10-8-11(2)13(4)14(12(10)3)18(5)15(19)16(9-17)6-7-16/h8H,6-7H2,1-5H3. The van der Waals surface area contributed by atoms with Crippen LogP contribution in [0.2, 0.25) is 0 Å². The number of anilines is 1. The van der Waals surface area contributed by atoms with Gasteiger partial charge in [-0.1, -0.05) is 6.07 Å². The van der Waals surface area contributed by atoms with Crippen molar-refractivity contribution in [2.24, 2.45) is 5.41 Å². The Kier molecular flexibility index (Phi) is 3.14. The molecule has 1 fully saturated rings. The molecule has 3 heteroatoms. The summed E-state index contributed by atoms with van der Waals surface area (Å²) in [4.78, 5) is 14.2. The lowest BCUT2D eigenvalue weighted by Crippen LogP contribution is -2.34. The molecule has 3 nitrogen and oxygen atoms in total. The van der Waals surface area contributed by atoms with E-state index in [2.05, 4.69) is 26.0 Å². The predicted molar refractivity (Wildman–Crippen MR) is 76.1 cm³/mol. The minimum atomic E-state index is -0.759. The first-order valence-corrected chi connectivity index (χ1v) is 6.61. The fourth-order valence-electron chi connectivity index (χ4n) is 2.62. The summed E-state index contributed by atoms with van der Waals surface area (Å²) in [5, 5.41) is 9.17. The molecule has 1 amide bonds. The number of carbonyl (C=O) groups is 1. The molecular weight excluding hydrogens is 236 g/mol. The molecule has 19 heavy (non-hydrogen) atoms. The summed E-state index contributed by atoms with van der Waals surface area (Å²) in [5.74, 6) is -0.0637. The molecule has 1 aliphatic rings. The highest BCUT2D eigenvalue weighted by Gasteiger charge is 2.52.